The van der Waals surface area contributed by atoms with Crippen molar-refractivity contribution < 1.29 is 13.9 Å². The molecule has 1 amide bonds. The molecular weight excluding hydrogens is 315 g/mol. The summed E-state index contributed by atoms with van der Waals surface area (Å²) in [7, 11) is 1.62. The van der Waals surface area contributed by atoms with Crippen LogP contribution in [-0.2, 0) is 9.53 Å². The molecule has 1 aromatic carbocycles. The summed E-state index contributed by atoms with van der Waals surface area (Å²) in [6.45, 7) is 1.45. The maximum atomic E-state index is 13.3. The molecule has 1 aliphatic rings. The second kappa shape index (κ2) is 9.25. The van der Waals surface area contributed by atoms with E-state index in [9.17, 15) is 9.18 Å². The fourth-order valence-corrected chi connectivity index (χ4v) is 3.24. The summed E-state index contributed by atoms with van der Waals surface area (Å²) in [6, 6.07) is 4.66. The molecule has 2 rings (SSSR count). The third kappa shape index (κ3) is 5.47. The molecule has 0 fully saturated rings. The third-order valence-electron chi connectivity index (χ3n) is 3.12. The third-order valence-corrected chi connectivity index (χ3v) is 4.24. The minimum atomic E-state index is -0.260. The number of thioether (sulfide) groups is 1. The highest BCUT2D eigenvalue weighted by molar-refractivity contribution is 7.99. The molecule has 0 saturated carbocycles. The van der Waals surface area contributed by atoms with Gasteiger partial charge in [-0.15, -0.1) is 24.2 Å². The van der Waals surface area contributed by atoms with Gasteiger partial charge in [0.05, 0.1) is 19.2 Å². The summed E-state index contributed by atoms with van der Waals surface area (Å²) >= 11 is 1.70. The molecule has 1 unspecified atom stereocenters. The van der Waals surface area contributed by atoms with Crippen molar-refractivity contribution in [3.05, 3.63) is 29.6 Å². The molecule has 1 aliphatic heterocycles. The Hall–Kier alpha value is -0.820. The summed E-state index contributed by atoms with van der Waals surface area (Å²) in [6.07, 6.45) is 0.824. The Morgan fingerprint density at radius 1 is 1.52 bits per heavy atom. The number of hydrogen-bond donors (Lipinski definition) is 2. The first kappa shape index (κ1) is 18.2. The molecule has 0 saturated heterocycles. The lowest BCUT2D eigenvalue weighted by molar-refractivity contribution is -0.121. The first-order valence-electron chi connectivity index (χ1n) is 6.62. The van der Waals surface area contributed by atoms with E-state index in [-0.39, 0.29) is 36.7 Å². The quantitative estimate of drug-likeness (QED) is 0.783. The van der Waals surface area contributed by atoms with Gasteiger partial charge in [-0.05, 0) is 30.2 Å². The molecule has 4 nitrogen and oxygen atoms in total. The van der Waals surface area contributed by atoms with Crippen LogP contribution in [0, 0.1) is 5.82 Å². The van der Waals surface area contributed by atoms with Crippen LogP contribution in [-0.4, -0.2) is 38.5 Å². The number of rotatable bonds is 6. The highest BCUT2D eigenvalue weighted by Crippen LogP contribution is 2.36. The number of benzene rings is 1. The molecule has 0 aliphatic carbocycles. The second-order valence-corrected chi connectivity index (χ2v) is 5.75. The lowest BCUT2D eigenvalue weighted by Gasteiger charge is -2.26. The Balaban J connectivity index is 0.00000220. The summed E-state index contributed by atoms with van der Waals surface area (Å²) in [5, 5.41) is 5.95. The number of carbonyl (C=O) groups excluding carboxylic acids is 1. The van der Waals surface area contributed by atoms with Gasteiger partial charge in [-0.25, -0.2) is 4.39 Å². The Bertz CT molecular complexity index is 476. The molecule has 1 atom stereocenters. The number of methoxy groups -OCH3 is 1. The zero-order valence-corrected chi connectivity index (χ0v) is 13.5. The van der Waals surface area contributed by atoms with Crippen molar-refractivity contribution in [3.8, 4) is 0 Å². The van der Waals surface area contributed by atoms with E-state index < -0.39 is 0 Å². The topological polar surface area (TPSA) is 50.4 Å². The van der Waals surface area contributed by atoms with Gasteiger partial charge in [0, 0.05) is 24.3 Å². The molecule has 0 radical (unpaired) electrons. The lowest BCUT2D eigenvalue weighted by atomic mass is 10.0. The number of amides is 1. The van der Waals surface area contributed by atoms with Crippen LogP contribution < -0.4 is 10.6 Å². The van der Waals surface area contributed by atoms with Gasteiger partial charge in [0.2, 0.25) is 5.91 Å². The van der Waals surface area contributed by atoms with Gasteiger partial charge in [0.1, 0.15) is 5.82 Å². The summed E-state index contributed by atoms with van der Waals surface area (Å²) in [5.74, 6) is 0.595. The van der Waals surface area contributed by atoms with Gasteiger partial charge < -0.3 is 15.4 Å². The van der Waals surface area contributed by atoms with Crippen LogP contribution in [0.5, 0.6) is 0 Å². The fraction of sp³-hybridized carbons (Fsp3) is 0.500. The highest BCUT2D eigenvalue weighted by atomic mass is 35.5. The van der Waals surface area contributed by atoms with Crippen LogP contribution in [0.3, 0.4) is 0 Å². The average Bonchev–Trinajstić information content (AvgIpc) is 2.44. The summed E-state index contributed by atoms with van der Waals surface area (Å²) in [5.41, 5.74) is 0.881. The van der Waals surface area contributed by atoms with Crippen molar-refractivity contribution in [2.75, 3.05) is 32.6 Å². The number of ether oxygens (including phenoxy) is 1. The number of nitrogens with one attached hydrogen (secondary N) is 2. The van der Waals surface area contributed by atoms with Crippen LogP contribution in [0.4, 0.5) is 4.39 Å². The maximum Gasteiger partial charge on any atom is 0.234 e. The van der Waals surface area contributed by atoms with E-state index in [4.69, 9.17) is 4.74 Å². The van der Waals surface area contributed by atoms with E-state index in [1.807, 2.05) is 0 Å². The van der Waals surface area contributed by atoms with Crippen molar-refractivity contribution in [3.63, 3.8) is 0 Å². The largest absolute Gasteiger partial charge is 0.383 e. The normalized spacial score (nSPS) is 16.8. The number of fused-ring (bicyclic) bond motifs is 1. The predicted octanol–water partition coefficient (Wildman–Crippen LogP) is 2.14. The van der Waals surface area contributed by atoms with Crippen molar-refractivity contribution >= 4 is 30.1 Å². The van der Waals surface area contributed by atoms with Crippen molar-refractivity contribution in [2.24, 2.45) is 0 Å². The zero-order valence-electron chi connectivity index (χ0n) is 11.9. The molecule has 1 heterocycles. The van der Waals surface area contributed by atoms with Crippen molar-refractivity contribution in [2.45, 2.75) is 17.4 Å². The van der Waals surface area contributed by atoms with Crippen molar-refractivity contribution in [1.29, 1.82) is 0 Å². The van der Waals surface area contributed by atoms with Gasteiger partial charge in [0.25, 0.3) is 0 Å². The summed E-state index contributed by atoms with van der Waals surface area (Å²) < 4.78 is 18.2. The van der Waals surface area contributed by atoms with Gasteiger partial charge in [-0.1, -0.05) is 0 Å². The predicted molar refractivity (Wildman–Crippen MR) is 84.6 cm³/mol. The smallest absolute Gasteiger partial charge is 0.234 e. The Morgan fingerprint density at radius 2 is 2.33 bits per heavy atom. The first-order valence-corrected chi connectivity index (χ1v) is 7.60. The maximum absolute atomic E-state index is 13.3. The number of hydrogen-bond acceptors (Lipinski definition) is 4. The molecule has 0 aromatic heterocycles. The molecule has 118 valence electrons. The standard InChI is InChI=1S/C14H19FN2O2S.ClH/c1-19-6-5-16-9-14(18)17-12-4-7-20-13-3-2-10(15)8-11(12)13;/h2-3,8,12,16H,4-7,9H2,1H3,(H,17,18);1H. The van der Waals surface area contributed by atoms with Crippen molar-refractivity contribution in [1.82, 2.24) is 10.6 Å². The van der Waals surface area contributed by atoms with Crippen LogP contribution in [0.2, 0.25) is 0 Å². The number of halogens is 2. The fourth-order valence-electron chi connectivity index (χ4n) is 2.14. The molecular formula is C14H20ClFN2O2S. The summed E-state index contributed by atoms with van der Waals surface area (Å²) in [4.78, 5) is 12.9. The first-order chi connectivity index (χ1) is 9.70. The molecule has 7 heteroatoms. The van der Waals surface area contributed by atoms with Gasteiger partial charge in [0.15, 0.2) is 0 Å². The zero-order chi connectivity index (χ0) is 14.4. The van der Waals surface area contributed by atoms with Crippen LogP contribution in [0.1, 0.15) is 18.0 Å². The second-order valence-electron chi connectivity index (χ2n) is 4.61. The van der Waals surface area contributed by atoms with E-state index in [0.717, 1.165) is 22.6 Å². The Morgan fingerprint density at radius 3 is 3.10 bits per heavy atom. The van der Waals surface area contributed by atoms with Crippen LogP contribution in [0.15, 0.2) is 23.1 Å². The van der Waals surface area contributed by atoms with E-state index in [1.54, 1.807) is 24.9 Å². The lowest BCUT2D eigenvalue weighted by Crippen LogP contribution is -2.38. The minimum Gasteiger partial charge on any atom is -0.383 e. The molecule has 1 aromatic rings. The molecule has 0 bridgehead atoms. The van der Waals surface area contributed by atoms with Gasteiger partial charge in [-0.2, -0.15) is 0 Å². The van der Waals surface area contributed by atoms with E-state index in [0.29, 0.717) is 13.2 Å². The minimum absolute atomic E-state index is 0. The van der Waals surface area contributed by atoms with Gasteiger partial charge in [-0.3, -0.25) is 4.79 Å². The Kier molecular flexibility index (Phi) is 8.03. The molecule has 0 spiro atoms. The average molecular weight is 335 g/mol. The Labute approximate surface area is 134 Å². The van der Waals surface area contributed by atoms with E-state index in [1.165, 1.54) is 12.1 Å². The number of carbonyl (C=O) groups is 1. The SMILES string of the molecule is COCCNCC(=O)NC1CCSc2ccc(F)cc21.Cl. The van der Waals surface area contributed by atoms with E-state index >= 15 is 0 Å². The molecule has 2 N–H and O–H groups in total. The monoisotopic (exact) mass is 334 g/mol. The van der Waals surface area contributed by atoms with E-state index in [2.05, 4.69) is 10.6 Å². The van der Waals surface area contributed by atoms with Gasteiger partial charge >= 0.3 is 0 Å². The highest BCUT2D eigenvalue weighted by Gasteiger charge is 2.22. The molecule has 21 heavy (non-hydrogen) atoms. The van der Waals surface area contributed by atoms with Crippen LogP contribution in [0.25, 0.3) is 0 Å². The van der Waals surface area contributed by atoms with Crippen LogP contribution >= 0.6 is 24.2 Å².